The number of rotatable bonds is 9. The van der Waals surface area contributed by atoms with E-state index in [1.54, 1.807) is 0 Å². The maximum absolute atomic E-state index is 5.21. The third-order valence-electron chi connectivity index (χ3n) is 3.56. The van der Waals surface area contributed by atoms with E-state index in [0.717, 1.165) is 6.61 Å². The first-order valence-electron chi connectivity index (χ1n) is 8.65. The zero-order valence-electron chi connectivity index (χ0n) is 13.8. The Hall–Kier alpha value is 0.137. The van der Waals surface area contributed by atoms with Gasteiger partial charge in [-0.25, -0.2) is 0 Å². The first kappa shape index (κ1) is 19.1. The third kappa shape index (κ3) is 14.4. The molecule has 1 aliphatic heterocycles. The Kier molecular flexibility index (Phi) is 16.3. The predicted octanol–water partition coefficient (Wildman–Crippen LogP) is 3.99. The Balaban J connectivity index is 0.000000443. The molecule has 1 aliphatic rings. The lowest BCUT2D eigenvalue weighted by Gasteiger charge is -2.21. The van der Waals surface area contributed by atoms with E-state index in [0.29, 0.717) is 0 Å². The van der Waals surface area contributed by atoms with Crippen LogP contribution in [0.25, 0.3) is 0 Å². The number of hydrogen-bond acceptors (Lipinski definition) is 2. The quantitative estimate of drug-likeness (QED) is 0.595. The number of nitrogens with zero attached hydrogens (tertiary/aromatic N) is 1. The van der Waals surface area contributed by atoms with Crippen molar-refractivity contribution in [1.82, 2.24) is 4.90 Å². The lowest BCUT2D eigenvalue weighted by atomic mass is 10.2. The molecule has 2 nitrogen and oxygen atoms in total. The van der Waals surface area contributed by atoms with E-state index >= 15 is 0 Å². The molecule has 1 heterocycles. The van der Waals surface area contributed by atoms with Crippen LogP contribution >= 0.6 is 0 Å². The molecule has 0 N–H and O–H groups in total. The molecular formula is C16H37NOSi. The molecule has 1 fully saturated rings. The molecule has 1 saturated heterocycles. The number of hydrogen-bond donors (Lipinski definition) is 0. The van der Waals surface area contributed by atoms with Crippen molar-refractivity contribution >= 4 is 9.76 Å². The van der Waals surface area contributed by atoms with Crippen LogP contribution in [-0.2, 0) is 4.43 Å². The van der Waals surface area contributed by atoms with E-state index < -0.39 is 0 Å². The highest BCUT2D eigenvalue weighted by Crippen LogP contribution is 2.02. The zero-order valence-corrected chi connectivity index (χ0v) is 15.2. The summed E-state index contributed by atoms with van der Waals surface area (Å²) < 4.78 is 5.21. The average Bonchev–Trinajstić information content (AvgIpc) is 2.49. The van der Waals surface area contributed by atoms with Crippen molar-refractivity contribution in [2.24, 2.45) is 0 Å². The van der Waals surface area contributed by atoms with Gasteiger partial charge in [-0.2, -0.15) is 0 Å². The molecule has 0 atom stereocenters. The fourth-order valence-electron chi connectivity index (χ4n) is 2.17. The van der Waals surface area contributed by atoms with Gasteiger partial charge in [-0.15, -0.1) is 0 Å². The van der Waals surface area contributed by atoms with Crippen molar-refractivity contribution in [3.63, 3.8) is 0 Å². The molecule has 0 aromatic heterocycles. The Labute approximate surface area is 124 Å². The summed E-state index contributed by atoms with van der Waals surface area (Å²) in [6, 6.07) is 1.42. The van der Waals surface area contributed by atoms with Crippen LogP contribution in [0.5, 0.6) is 0 Å². The molecule has 116 valence electrons. The van der Waals surface area contributed by atoms with Crippen LogP contribution < -0.4 is 0 Å². The van der Waals surface area contributed by atoms with Crippen LogP contribution in [0.3, 0.4) is 0 Å². The second-order valence-corrected chi connectivity index (χ2v) is 7.10. The summed E-state index contributed by atoms with van der Waals surface area (Å²) in [6.45, 7) is 11.8. The van der Waals surface area contributed by atoms with Gasteiger partial charge in [0.15, 0.2) is 9.76 Å². The first-order chi connectivity index (χ1) is 9.35. The van der Waals surface area contributed by atoms with Crippen LogP contribution in [0.1, 0.15) is 72.1 Å². The lowest BCUT2D eigenvalue weighted by Crippen LogP contribution is -2.27. The van der Waals surface area contributed by atoms with Crippen LogP contribution in [0.15, 0.2) is 0 Å². The van der Waals surface area contributed by atoms with Crippen LogP contribution in [0, 0.1) is 0 Å². The van der Waals surface area contributed by atoms with Gasteiger partial charge in [0.2, 0.25) is 0 Å². The smallest absolute Gasteiger partial charge is 0.161 e. The molecule has 0 unspecified atom stereocenters. The maximum Gasteiger partial charge on any atom is 0.161 e. The van der Waals surface area contributed by atoms with Crippen molar-refractivity contribution in [3.05, 3.63) is 0 Å². The Morgan fingerprint density at radius 2 is 1.37 bits per heavy atom. The molecule has 0 aromatic carbocycles. The first-order valence-corrected chi connectivity index (χ1v) is 10.2. The monoisotopic (exact) mass is 287 g/mol. The highest BCUT2D eigenvalue weighted by Gasteiger charge is 2.01. The van der Waals surface area contributed by atoms with Gasteiger partial charge in [0.1, 0.15) is 0 Å². The standard InChI is InChI=1S/C12H27N.C4H10OSi/c1-4-7-10-13(11-8-5-2)12-9-6-3;1-2-4-6-5-3-1/h4-12H2,1-3H3;1-4,6H2. The fraction of sp³-hybridized carbons (Fsp3) is 1.00. The molecule has 0 saturated carbocycles. The molecule has 19 heavy (non-hydrogen) atoms. The van der Waals surface area contributed by atoms with E-state index in [2.05, 4.69) is 25.7 Å². The Morgan fingerprint density at radius 1 is 0.842 bits per heavy atom. The SMILES string of the molecule is C1CC[SiH2]OC1.CCCCN(CCCC)CCCC. The van der Waals surface area contributed by atoms with Gasteiger partial charge < -0.3 is 9.33 Å². The van der Waals surface area contributed by atoms with Crippen molar-refractivity contribution in [3.8, 4) is 0 Å². The molecule has 1 rings (SSSR count). The Bertz CT molecular complexity index is 132. The normalized spacial score (nSPS) is 16.4. The summed E-state index contributed by atoms with van der Waals surface area (Å²) in [5.41, 5.74) is 0. The lowest BCUT2D eigenvalue weighted by molar-refractivity contribution is 0.261. The summed E-state index contributed by atoms with van der Waals surface area (Å²) in [7, 11) is 0.00849. The maximum atomic E-state index is 5.21. The summed E-state index contributed by atoms with van der Waals surface area (Å²) >= 11 is 0. The fourth-order valence-corrected chi connectivity index (χ4v) is 3.34. The van der Waals surface area contributed by atoms with Gasteiger partial charge >= 0.3 is 0 Å². The summed E-state index contributed by atoms with van der Waals surface area (Å²) in [5, 5.41) is 0. The second-order valence-electron chi connectivity index (χ2n) is 5.58. The van der Waals surface area contributed by atoms with Gasteiger partial charge in [0.05, 0.1) is 0 Å². The van der Waals surface area contributed by atoms with Gasteiger partial charge in [0, 0.05) is 6.61 Å². The van der Waals surface area contributed by atoms with Gasteiger partial charge in [-0.3, -0.25) is 0 Å². The second kappa shape index (κ2) is 16.2. The molecule has 0 aliphatic carbocycles. The minimum Gasteiger partial charge on any atom is -0.424 e. The van der Waals surface area contributed by atoms with E-state index in [1.807, 2.05) is 0 Å². The third-order valence-corrected chi connectivity index (χ3v) is 4.93. The van der Waals surface area contributed by atoms with E-state index in [4.69, 9.17) is 4.43 Å². The average molecular weight is 288 g/mol. The molecule has 0 aromatic rings. The van der Waals surface area contributed by atoms with E-state index in [1.165, 1.54) is 77.0 Å². The van der Waals surface area contributed by atoms with Gasteiger partial charge in [0.25, 0.3) is 0 Å². The number of unbranched alkanes of at least 4 members (excludes halogenated alkanes) is 3. The summed E-state index contributed by atoms with van der Waals surface area (Å²) in [4.78, 5) is 2.64. The zero-order chi connectivity index (χ0) is 14.2. The summed E-state index contributed by atoms with van der Waals surface area (Å²) in [5.74, 6) is 0. The van der Waals surface area contributed by atoms with E-state index in [-0.39, 0.29) is 9.76 Å². The molecule has 0 amide bonds. The highest BCUT2D eigenvalue weighted by atomic mass is 28.2. The topological polar surface area (TPSA) is 12.5 Å². The van der Waals surface area contributed by atoms with Crippen molar-refractivity contribution in [2.45, 2.75) is 78.2 Å². The molecule has 0 spiro atoms. The largest absolute Gasteiger partial charge is 0.424 e. The van der Waals surface area contributed by atoms with Crippen molar-refractivity contribution in [2.75, 3.05) is 26.2 Å². The molecule has 0 bridgehead atoms. The van der Waals surface area contributed by atoms with E-state index in [9.17, 15) is 0 Å². The van der Waals surface area contributed by atoms with Crippen molar-refractivity contribution < 1.29 is 4.43 Å². The van der Waals surface area contributed by atoms with Gasteiger partial charge in [-0.05, 0) is 51.4 Å². The Morgan fingerprint density at radius 3 is 1.58 bits per heavy atom. The van der Waals surface area contributed by atoms with Gasteiger partial charge in [-0.1, -0.05) is 46.5 Å². The molecule has 0 radical (unpaired) electrons. The minimum absolute atomic E-state index is 0.00849. The van der Waals surface area contributed by atoms with Crippen molar-refractivity contribution in [1.29, 1.82) is 0 Å². The molecule has 3 heteroatoms. The highest BCUT2D eigenvalue weighted by molar-refractivity contribution is 6.27. The van der Waals surface area contributed by atoms with Crippen LogP contribution in [0.2, 0.25) is 6.04 Å². The summed E-state index contributed by atoms with van der Waals surface area (Å²) in [6.07, 6.45) is 10.8. The minimum atomic E-state index is 0.00849. The van der Waals surface area contributed by atoms with Crippen LogP contribution in [-0.4, -0.2) is 40.9 Å². The van der Waals surface area contributed by atoms with Crippen LogP contribution in [0.4, 0.5) is 0 Å². The predicted molar refractivity (Wildman–Crippen MR) is 89.7 cm³/mol. The molecular weight excluding hydrogens is 250 g/mol.